The van der Waals surface area contributed by atoms with E-state index in [2.05, 4.69) is 15.1 Å². The Morgan fingerprint density at radius 2 is 1.94 bits per heavy atom. The highest BCUT2D eigenvalue weighted by Crippen LogP contribution is 2.27. The summed E-state index contributed by atoms with van der Waals surface area (Å²) in [7, 11) is 1.80. The number of nitrogen functional groups attached to an aromatic ring is 2. The second kappa shape index (κ2) is 5.03. The minimum absolute atomic E-state index is 0.360. The first-order valence-electron chi connectivity index (χ1n) is 5.18. The van der Waals surface area contributed by atoms with E-state index in [0.29, 0.717) is 27.7 Å². The largest absolute Gasteiger partial charge is 0.383 e. The topological polar surface area (TPSA) is 95.6 Å². The van der Waals surface area contributed by atoms with Crippen molar-refractivity contribution in [1.29, 1.82) is 0 Å². The van der Waals surface area contributed by atoms with Gasteiger partial charge in [0.25, 0.3) is 0 Å². The van der Waals surface area contributed by atoms with Gasteiger partial charge in [-0.15, -0.1) is 0 Å². The zero-order valence-electron chi connectivity index (χ0n) is 10.0. The van der Waals surface area contributed by atoms with Crippen LogP contribution in [0.1, 0.15) is 11.3 Å². The molecule has 0 aliphatic carbocycles. The fourth-order valence-electron chi connectivity index (χ4n) is 1.50. The summed E-state index contributed by atoms with van der Waals surface area (Å²) in [5.41, 5.74) is 13.1. The molecule has 18 heavy (non-hydrogen) atoms. The number of thioether (sulfide) groups is 1. The molecule has 8 heteroatoms. The van der Waals surface area contributed by atoms with Crippen LogP contribution in [0.5, 0.6) is 0 Å². The predicted molar refractivity (Wildman–Crippen MR) is 73.4 cm³/mol. The van der Waals surface area contributed by atoms with Crippen LogP contribution in [0.15, 0.2) is 11.2 Å². The summed E-state index contributed by atoms with van der Waals surface area (Å²) in [5.74, 6) is 1.35. The van der Waals surface area contributed by atoms with Crippen LogP contribution in [0.25, 0.3) is 0 Å². The predicted octanol–water partition coefficient (Wildman–Crippen LogP) is 1.63. The van der Waals surface area contributed by atoms with E-state index in [1.807, 2.05) is 6.92 Å². The molecular weight excluding hydrogens is 272 g/mol. The number of anilines is 2. The molecule has 6 nitrogen and oxygen atoms in total. The molecule has 0 saturated carbocycles. The molecule has 4 N–H and O–H groups in total. The number of hydrogen-bond acceptors (Lipinski definition) is 6. The van der Waals surface area contributed by atoms with Crippen LogP contribution in [0.2, 0.25) is 5.15 Å². The molecule has 0 saturated heterocycles. The molecule has 2 rings (SSSR count). The van der Waals surface area contributed by atoms with E-state index in [0.717, 1.165) is 11.3 Å². The minimum atomic E-state index is 0.360. The normalized spacial score (nSPS) is 10.8. The molecule has 0 aromatic carbocycles. The summed E-state index contributed by atoms with van der Waals surface area (Å²) in [5, 5.41) is 5.40. The Bertz CT molecular complexity index is 562. The third-order valence-electron chi connectivity index (χ3n) is 2.36. The van der Waals surface area contributed by atoms with E-state index in [-0.39, 0.29) is 0 Å². The molecule has 0 aliphatic rings. The zero-order chi connectivity index (χ0) is 13.3. The Morgan fingerprint density at radius 3 is 2.44 bits per heavy atom. The Balaban J connectivity index is 2.16. The van der Waals surface area contributed by atoms with Crippen LogP contribution < -0.4 is 11.5 Å². The van der Waals surface area contributed by atoms with Crippen molar-refractivity contribution in [3.63, 3.8) is 0 Å². The van der Waals surface area contributed by atoms with Crippen molar-refractivity contribution in [3.8, 4) is 0 Å². The fourth-order valence-corrected chi connectivity index (χ4v) is 2.78. The second-order valence-electron chi connectivity index (χ2n) is 3.77. The van der Waals surface area contributed by atoms with Crippen molar-refractivity contribution < 1.29 is 0 Å². The van der Waals surface area contributed by atoms with Crippen molar-refractivity contribution in [3.05, 3.63) is 22.5 Å². The molecule has 96 valence electrons. The number of hydrogen-bond donors (Lipinski definition) is 2. The molecule has 0 unspecified atom stereocenters. The van der Waals surface area contributed by atoms with E-state index >= 15 is 0 Å². The minimum Gasteiger partial charge on any atom is -0.383 e. The second-order valence-corrected chi connectivity index (χ2v) is 5.07. The maximum absolute atomic E-state index is 6.14. The summed E-state index contributed by atoms with van der Waals surface area (Å²) in [6.45, 7) is 1.91. The van der Waals surface area contributed by atoms with Gasteiger partial charge in [0.2, 0.25) is 0 Å². The van der Waals surface area contributed by atoms with Crippen LogP contribution in [0.3, 0.4) is 0 Å². The van der Waals surface area contributed by atoms with Gasteiger partial charge >= 0.3 is 0 Å². The zero-order valence-corrected chi connectivity index (χ0v) is 11.6. The lowest BCUT2D eigenvalue weighted by molar-refractivity contribution is 0.757. The molecule has 0 bridgehead atoms. The van der Waals surface area contributed by atoms with Gasteiger partial charge < -0.3 is 11.5 Å². The average Bonchev–Trinajstić information content (AvgIpc) is 2.50. The first kappa shape index (κ1) is 13.0. The van der Waals surface area contributed by atoms with Gasteiger partial charge in [-0.2, -0.15) is 5.10 Å². The van der Waals surface area contributed by atoms with Crippen LogP contribution in [-0.2, 0) is 12.8 Å². The molecule has 0 aliphatic heterocycles. The van der Waals surface area contributed by atoms with Gasteiger partial charge in [0.15, 0.2) is 5.16 Å². The van der Waals surface area contributed by atoms with Crippen LogP contribution in [0.4, 0.5) is 11.6 Å². The van der Waals surface area contributed by atoms with Crippen molar-refractivity contribution >= 4 is 35.0 Å². The summed E-state index contributed by atoms with van der Waals surface area (Å²) >= 11 is 7.56. The molecule has 0 amide bonds. The van der Waals surface area contributed by atoms with E-state index in [1.165, 1.54) is 17.8 Å². The van der Waals surface area contributed by atoms with Crippen molar-refractivity contribution in [1.82, 2.24) is 19.7 Å². The van der Waals surface area contributed by atoms with Gasteiger partial charge in [0.05, 0.1) is 5.69 Å². The number of rotatable bonds is 3. The van der Waals surface area contributed by atoms with Crippen molar-refractivity contribution in [2.24, 2.45) is 7.05 Å². The van der Waals surface area contributed by atoms with E-state index in [9.17, 15) is 0 Å². The summed E-state index contributed by atoms with van der Waals surface area (Å²) in [4.78, 5) is 8.19. The SMILES string of the molecule is Cc1nn(C)c(Cl)c1CSc1nc(N)cc(N)n1. The summed E-state index contributed by atoms with van der Waals surface area (Å²) < 4.78 is 1.64. The van der Waals surface area contributed by atoms with Gasteiger partial charge in [-0.25, -0.2) is 9.97 Å². The fraction of sp³-hybridized carbons (Fsp3) is 0.300. The molecule has 0 radical (unpaired) electrons. The molecule has 2 heterocycles. The molecule has 0 fully saturated rings. The highest BCUT2D eigenvalue weighted by Gasteiger charge is 2.12. The third kappa shape index (κ3) is 2.68. The quantitative estimate of drug-likeness (QED) is 0.657. The maximum atomic E-state index is 6.14. The van der Waals surface area contributed by atoms with Crippen LogP contribution in [-0.4, -0.2) is 19.7 Å². The Labute approximate surface area is 114 Å². The number of nitrogens with two attached hydrogens (primary N) is 2. The highest BCUT2D eigenvalue weighted by atomic mass is 35.5. The number of nitrogens with zero attached hydrogens (tertiary/aromatic N) is 4. The third-order valence-corrected chi connectivity index (χ3v) is 3.71. The molecule has 0 spiro atoms. The standard InChI is InChI=1S/C10H13ClN6S/c1-5-6(9(11)17(2)16-5)4-18-10-14-7(12)3-8(13)15-10/h3H,4H2,1-2H3,(H4,12,13,14,15). The van der Waals surface area contributed by atoms with E-state index in [4.69, 9.17) is 23.1 Å². The smallest absolute Gasteiger partial charge is 0.191 e. The Kier molecular flexibility index (Phi) is 3.63. The maximum Gasteiger partial charge on any atom is 0.191 e. The number of aryl methyl sites for hydroxylation is 2. The number of aromatic nitrogens is 4. The molecule has 2 aromatic heterocycles. The van der Waals surface area contributed by atoms with Gasteiger partial charge in [-0.3, -0.25) is 4.68 Å². The molecule has 0 atom stereocenters. The van der Waals surface area contributed by atoms with Gasteiger partial charge in [-0.05, 0) is 6.92 Å². The van der Waals surface area contributed by atoms with E-state index < -0.39 is 0 Å². The monoisotopic (exact) mass is 284 g/mol. The first-order chi connectivity index (χ1) is 8.47. The lowest BCUT2D eigenvalue weighted by atomic mass is 10.3. The molecule has 2 aromatic rings. The van der Waals surface area contributed by atoms with Crippen LogP contribution in [0, 0.1) is 6.92 Å². The lowest BCUT2D eigenvalue weighted by Crippen LogP contribution is -1.99. The van der Waals surface area contributed by atoms with Crippen molar-refractivity contribution in [2.45, 2.75) is 17.8 Å². The van der Waals surface area contributed by atoms with Crippen LogP contribution >= 0.6 is 23.4 Å². The van der Waals surface area contributed by atoms with Gasteiger partial charge in [-0.1, -0.05) is 23.4 Å². The Morgan fingerprint density at radius 1 is 1.33 bits per heavy atom. The Hall–Kier alpha value is -1.47. The highest BCUT2D eigenvalue weighted by molar-refractivity contribution is 7.98. The van der Waals surface area contributed by atoms with Gasteiger partial charge in [0.1, 0.15) is 16.8 Å². The first-order valence-corrected chi connectivity index (χ1v) is 6.54. The summed E-state index contributed by atoms with van der Waals surface area (Å²) in [6, 6.07) is 1.52. The molecular formula is C10H13ClN6S. The summed E-state index contributed by atoms with van der Waals surface area (Å²) in [6.07, 6.45) is 0. The average molecular weight is 285 g/mol. The van der Waals surface area contributed by atoms with Crippen molar-refractivity contribution in [2.75, 3.05) is 11.5 Å². The van der Waals surface area contributed by atoms with E-state index in [1.54, 1.807) is 11.7 Å². The van der Waals surface area contributed by atoms with Gasteiger partial charge in [0, 0.05) is 24.4 Å². The lowest BCUT2D eigenvalue weighted by Gasteiger charge is -2.02. The number of halogens is 1.